The first-order chi connectivity index (χ1) is 9.29. The Balaban J connectivity index is 1.89. The van der Waals surface area contributed by atoms with Gasteiger partial charge >= 0.3 is 0 Å². The lowest BCUT2D eigenvalue weighted by molar-refractivity contribution is 0.107. The van der Waals surface area contributed by atoms with Crippen molar-refractivity contribution >= 4 is 13.7 Å². The normalized spacial score (nSPS) is 12.3. The molecule has 1 unspecified atom stereocenters. The average Bonchev–Trinajstić information content (AvgIpc) is 2.48. The van der Waals surface area contributed by atoms with E-state index in [0.717, 1.165) is 16.4 Å². The van der Waals surface area contributed by atoms with Gasteiger partial charge in [-0.15, -0.1) is 0 Å². The summed E-state index contributed by atoms with van der Waals surface area (Å²) in [6.07, 6.45) is 0. The van der Waals surface area contributed by atoms with E-state index in [2.05, 4.69) is 0 Å². The fourth-order valence-corrected chi connectivity index (χ4v) is 2.43. The van der Waals surface area contributed by atoms with Crippen molar-refractivity contribution in [3.05, 3.63) is 65.7 Å². The number of benzene rings is 2. The van der Waals surface area contributed by atoms with Crippen LogP contribution in [0.5, 0.6) is 0 Å². The van der Waals surface area contributed by atoms with E-state index in [1.807, 2.05) is 54.6 Å². The van der Waals surface area contributed by atoms with E-state index in [1.54, 1.807) is 0 Å². The van der Waals surface area contributed by atoms with Crippen LogP contribution in [-0.4, -0.2) is 12.0 Å². The maximum absolute atomic E-state index is 9.66. The van der Waals surface area contributed by atoms with Crippen LogP contribution < -0.4 is 5.30 Å². The van der Waals surface area contributed by atoms with Gasteiger partial charge in [0.15, 0.2) is 0 Å². The molecule has 0 saturated carbocycles. The SMILES string of the molecule is COP(O)c1cccc(COCc2ccccc2)c1. The molecule has 19 heavy (non-hydrogen) atoms. The molecule has 1 N–H and O–H groups in total. The van der Waals surface area contributed by atoms with Gasteiger partial charge in [0.1, 0.15) is 0 Å². The maximum Gasteiger partial charge on any atom is 0.202 e. The fourth-order valence-electron chi connectivity index (χ4n) is 1.73. The second kappa shape index (κ2) is 7.37. The van der Waals surface area contributed by atoms with Crippen LogP contribution in [0, 0.1) is 0 Å². The van der Waals surface area contributed by atoms with Crippen molar-refractivity contribution in [1.82, 2.24) is 0 Å². The molecule has 2 aromatic carbocycles. The van der Waals surface area contributed by atoms with Crippen LogP contribution in [-0.2, 0) is 22.5 Å². The van der Waals surface area contributed by atoms with Crippen LogP contribution in [0.1, 0.15) is 11.1 Å². The van der Waals surface area contributed by atoms with Crippen molar-refractivity contribution < 1.29 is 14.2 Å². The Morgan fingerprint density at radius 3 is 2.37 bits per heavy atom. The van der Waals surface area contributed by atoms with Gasteiger partial charge in [-0.05, 0) is 23.3 Å². The monoisotopic (exact) mass is 276 g/mol. The molecule has 0 radical (unpaired) electrons. The Bertz CT molecular complexity index is 502. The maximum atomic E-state index is 9.66. The summed E-state index contributed by atoms with van der Waals surface area (Å²) in [7, 11) is 0.000214. The molecule has 0 saturated heterocycles. The molecular weight excluding hydrogens is 259 g/mol. The molecule has 0 aliphatic rings. The van der Waals surface area contributed by atoms with Gasteiger partial charge in [0.2, 0.25) is 8.38 Å². The summed E-state index contributed by atoms with van der Waals surface area (Å²) in [5.41, 5.74) is 2.19. The lowest BCUT2D eigenvalue weighted by Crippen LogP contribution is -2.03. The molecule has 0 spiro atoms. The first-order valence-electron chi connectivity index (χ1n) is 6.03. The molecule has 0 bridgehead atoms. The second-order valence-electron chi connectivity index (χ2n) is 4.10. The molecular formula is C15H17O3P. The molecule has 0 heterocycles. The van der Waals surface area contributed by atoms with E-state index < -0.39 is 8.38 Å². The molecule has 0 aromatic heterocycles. The van der Waals surface area contributed by atoms with Gasteiger partial charge in [0.05, 0.1) is 13.2 Å². The Labute approximate surface area is 114 Å². The van der Waals surface area contributed by atoms with Crippen molar-refractivity contribution in [3.8, 4) is 0 Å². The minimum absolute atomic E-state index is 0.523. The van der Waals surface area contributed by atoms with Crippen LogP contribution in [0.15, 0.2) is 54.6 Å². The summed E-state index contributed by atoms with van der Waals surface area (Å²) >= 11 is 0. The first kappa shape index (κ1) is 14.2. The molecule has 2 aromatic rings. The zero-order valence-electron chi connectivity index (χ0n) is 10.8. The fraction of sp³-hybridized carbons (Fsp3) is 0.200. The van der Waals surface area contributed by atoms with E-state index in [1.165, 1.54) is 7.11 Å². The predicted octanol–water partition coefficient (Wildman–Crippen LogP) is 2.98. The van der Waals surface area contributed by atoms with Gasteiger partial charge in [0, 0.05) is 12.4 Å². The average molecular weight is 276 g/mol. The summed E-state index contributed by atoms with van der Waals surface area (Å²) in [6.45, 7) is 1.11. The molecule has 4 heteroatoms. The van der Waals surface area contributed by atoms with Gasteiger partial charge in [0.25, 0.3) is 0 Å². The van der Waals surface area contributed by atoms with Crippen molar-refractivity contribution in [2.75, 3.05) is 7.11 Å². The quantitative estimate of drug-likeness (QED) is 0.824. The van der Waals surface area contributed by atoms with E-state index in [9.17, 15) is 4.89 Å². The highest BCUT2D eigenvalue weighted by Crippen LogP contribution is 2.28. The Kier molecular flexibility index (Phi) is 5.49. The smallest absolute Gasteiger partial charge is 0.202 e. The van der Waals surface area contributed by atoms with Crippen molar-refractivity contribution in [3.63, 3.8) is 0 Å². The predicted molar refractivity (Wildman–Crippen MR) is 77.2 cm³/mol. The number of ether oxygens (including phenoxy) is 1. The van der Waals surface area contributed by atoms with Crippen molar-refractivity contribution in [2.24, 2.45) is 0 Å². The Morgan fingerprint density at radius 2 is 1.63 bits per heavy atom. The summed E-state index contributed by atoms with van der Waals surface area (Å²) < 4.78 is 10.6. The zero-order chi connectivity index (χ0) is 13.5. The van der Waals surface area contributed by atoms with Crippen LogP contribution in [0.25, 0.3) is 0 Å². The summed E-state index contributed by atoms with van der Waals surface area (Å²) in [6, 6.07) is 17.7. The highest BCUT2D eigenvalue weighted by atomic mass is 31.2. The minimum Gasteiger partial charge on any atom is -0.372 e. The summed E-state index contributed by atoms with van der Waals surface area (Å²) in [5.74, 6) is 0. The van der Waals surface area contributed by atoms with Crippen LogP contribution in [0.3, 0.4) is 0 Å². The third-order valence-electron chi connectivity index (χ3n) is 2.68. The highest BCUT2D eigenvalue weighted by molar-refractivity contribution is 7.54. The van der Waals surface area contributed by atoms with Crippen LogP contribution in [0.2, 0.25) is 0 Å². The molecule has 0 amide bonds. The lowest BCUT2D eigenvalue weighted by atomic mass is 10.2. The topological polar surface area (TPSA) is 38.7 Å². The van der Waals surface area contributed by atoms with Crippen molar-refractivity contribution in [1.29, 1.82) is 0 Å². The van der Waals surface area contributed by atoms with Crippen molar-refractivity contribution in [2.45, 2.75) is 13.2 Å². The number of hydrogen-bond donors (Lipinski definition) is 1. The van der Waals surface area contributed by atoms with Gasteiger partial charge < -0.3 is 14.2 Å². The molecule has 2 rings (SSSR count). The zero-order valence-corrected chi connectivity index (χ0v) is 11.7. The van der Waals surface area contributed by atoms with E-state index in [0.29, 0.717) is 13.2 Å². The Hall–Kier alpha value is -1.25. The summed E-state index contributed by atoms with van der Waals surface area (Å²) in [4.78, 5) is 9.66. The minimum atomic E-state index is -1.50. The molecule has 3 nitrogen and oxygen atoms in total. The second-order valence-corrected chi connectivity index (χ2v) is 5.53. The largest absolute Gasteiger partial charge is 0.372 e. The summed E-state index contributed by atoms with van der Waals surface area (Å²) in [5, 5.41) is 0.804. The third kappa shape index (κ3) is 4.41. The van der Waals surface area contributed by atoms with Gasteiger partial charge in [-0.3, -0.25) is 0 Å². The molecule has 100 valence electrons. The molecule has 1 atom stereocenters. The van der Waals surface area contributed by atoms with Gasteiger partial charge in [-0.2, -0.15) is 0 Å². The standard InChI is InChI=1S/C15H17O3P/c1-17-19(16)15-9-5-8-14(10-15)12-18-11-13-6-3-2-4-7-13/h2-10,16H,11-12H2,1H3. The van der Waals surface area contributed by atoms with E-state index in [-0.39, 0.29) is 0 Å². The highest BCUT2D eigenvalue weighted by Gasteiger charge is 2.07. The first-order valence-corrected chi connectivity index (χ1v) is 7.24. The van der Waals surface area contributed by atoms with E-state index in [4.69, 9.17) is 9.26 Å². The van der Waals surface area contributed by atoms with Crippen LogP contribution in [0.4, 0.5) is 0 Å². The molecule has 0 aliphatic heterocycles. The van der Waals surface area contributed by atoms with Gasteiger partial charge in [-0.25, -0.2) is 0 Å². The molecule has 0 aliphatic carbocycles. The number of rotatable bonds is 6. The van der Waals surface area contributed by atoms with Crippen LogP contribution >= 0.6 is 8.38 Å². The lowest BCUT2D eigenvalue weighted by Gasteiger charge is -2.09. The van der Waals surface area contributed by atoms with Gasteiger partial charge in [-0.1, -0.05) is 42.5 Å². The number of hydrogen-bond acceptors (Lipinski definition) is 3. The van der Waals surface area contributed by atoms with E-state index >= 15 is 0 Å². The third-order valence-corrected chi connectivity index (χ3v) is 3.75. The molecule has 0 fully saturated rings. The Morgan fingerprint density at radius 1 is 0.947 bits per heavy atom.